The van der Waals surface area contributed by atoms with Gasteiger partial charge in [0.1, 0.15) is 29.3 Å². The Hall–Kier alpha value is -3.99. The van der Waals surface area contributed by atoms with E-state index < -0.39 is 5.92 Å². The van der Waals surface area contributed by atoms with Gasteiger partial charge in [-0.25, -0.2) is 0 Å². The molecule has 11 heteroatoms. The van der Waals surface area contributed by atoms with Crippen molar-refractivity contribution < 1.29 is 15.0 Å². The van der Waals surface area contributed by atoms with Crippen molar-refractivity contribution in [3.05, 3.63) is 47.4 Å². The second kappa shape index (κ2) is 13.8. The number of aliphatic hydroxyl groups excluding tert-OH is 1. The lowest BCUT2D eigenvalue weighted by molar-refractivity contribution is -0.111. The Labute approximate surface area is 260 Å². The molecule has 1 aromatic heterocycles. The van der Waals surface area contributed by atoms with Gasteiger partial charge in [-0.15, -0.1) is 0 Å². The van der Waals surface area contributed by atoms with Crippen LogP contribution in [-0.4, -0.2) is 80.7 Å². The predicted molar refractivity (Wildman–Crippen MR) is 175 cm³/mol. The van der Waals surface area contributed by atoms with Gasteiger partial charge in [-0.3, -0.25) is 10.1 Å². The summed E-state index contributed by atoms with van der Waals surface area (Å²) in [5, 5.41) is 37.5. The van der Waals surface area contributed by atoms with Crippen molar-refractivity contribution in [3.8, 4) is 5.75 Å². The van der Waals surface area contributed by atoms with E-state index in [0.717, 1.165) is 83.2 Å². The summed E-state index contributed by atoms with van der Waals surface area (Å²) in [4.78, 5) is 15.9. The van der Waals surface area contributed by atoms with E-state index >= 15 is 0 Å². The number of phenolic OH excluding ortho intramolecular Hbond substituents is 1. The highest BCUT2D eigenvalue weighted by Crippen LogP contribution is 2.36. The van der Waals surface area contributed by atoms with E-state index in [1.54, 1.807) is 18.2 Å². The van der Waals surface area contributed by atoms with Gasteiger partial charge in [-0.05, 0) is 68.6 Å². The summed E-state index contributed by atoms with van der Waals surface area (Å²) in [6.45, 7) is 8.27. The van der Waals surface area contributed by atoms with E-state index in [-0.39, 0.29) is 29.3 Å². The maximum Gasteiger partial charge on any atom is 0.172 e. The third-order valence-corrected chi connectivity index (χ3v) is 9.28. The van der Waals surface area contributed by atoms with E-state index in [4.69, 9.17) is 22.0 Å². The van der Waals surface area contributed by atoms with Gasteiger partial charge in [0.2, 0.25) is 0 Å². The van der Waals surface area contributed by atoms with Crippen LogP contribution >= 0.6 is 0 Å². The largest absolute Gasteiger partial charge is 0.511 e. The number of rotatable bonds is 11. The number of hydrogen-bond donors (Lipinski definition) is 6. The fourth-order valence-corrected chi connectivity index (χ4v) is 6.32. The average molecular weight is 605 g/mol. The third kappa shape index (κ3) is 7.38. The summed E-state index contributed by atoms with van der Waals surface area (Å²) in [5.41, 5.74) is 15.5. The standard InChI is InChI=1S/C33H48N8O3/c1-21(2)26(20-42)30(44)18-31(35)40-15-9-22(10-16-40)19-39-13-11-24(12-14-39)41-28(32(36)33(38-41)37-23-7-8-23)17-27(34)25-5-3-4-6-29(25)43/h3-6,17-18,20-24,26,35,43-44H,7-16,19,34,36H2,1-2H3,(H,37,38)/b27-17-,30-18-,35-31?. The second-order valence-electron chi connectivity index (χ2n) is 13.0. The number of para-hydroxylation sites is 1. The van der Waals surface area contributed by atoms with E-state index in [9.17, 15) is 15.0 Å². The van der Waals surface area contributed by atoms with Crippen LogP contribution in [0, 0.1) is 23.2 Å². The fraction of sp³-hybridized carbons (Fsp3) is 0.545. The molecule has 11 nitrogen and oxygen atoms in total. The van der Waals surface area contributed by atoms with Gasteiger partial charge in [0.05, 0.1) is 17.7 Å². The third-order valence-electron chi connectivity index (χ3n) is 9.28. The minimum absolute atomic E-state index is 0.0107. The lowest BCUT2D eigenvalue weighted by atomic mass is 9.93. The highest BCUT2D eigenvalue weighted by molar-refractivity contribution is 5.91. The molecule has 5 rings (SSSR count). The molecule has 44 heavy (non-hydrogen) atoms. The number of likely N-dealkylation sites (tertiary alicyclic amines) is 2. The number of hydrogen-bond acceptors (Lipinski definition) is 9. The molecule has 2 aromatic rings. The number of anilines is 2. The molecule has 8 N–H and O–H groups in total. The van der Waals surface area contributed by atoms with Crippen molar-refractivity contribution in [1.29, 1.82) is 5.41 Å². The van der Waals surface area contributed by atoms with Crippen LogP contribution in [0.1, 0.15) is 69.7 Å². The molecule has 3 fully saturated rings. The number of aliphatic hydroxyl groups is 1. The molecule has 238 valence electrons. The fourth-order valence-electron chi connectivity index (χ4n) is 6.32. The molecule has 0 radical (unpaired) electrons. The quantitative estimate of drug-likeness (QED) is 0.0939. The lowest BCUT2D eigenvalue weighted by Crippen LogP contribution is -2.43. The lowest BCUT2D eigenvalue weighted by Gasteiger charge is -2.38. The first-order chi connectivity index (χ1) is 21.1. The van der Waals surface area contributed by atoms with Crippen LogP contribution in [0.4, 0.5) is 11.5 Å². The Balaban J connectivity index is 1.18. The number of piperidine rings is 2. The maximum absolute atomic E-state index is 11.3. The number of carbonyl (C=O) groups is 1. The van der Waals surface area contributed by atoms with E-state index in [2.05, 4.69) is 10.2 Å². The Morgan fingerprint density at radius 2 is 1.80 bits per heavy atom. The van der Waals surface area contributed by atoms with Crippen molar-refractivity contribution in [2.24, 2.45) is 23.5 Å². The molecule has 2 aliphatic heterocycles. The van der Waals surface area contributed by atoms with Gasteiger partial charge < -0.3 is 41.6 Å². The predicted octanol–water partition coefficient (Wildman–Crippen LogP) is 4.44. The number of nitrogens with one attached hydrogen (secondary N) is 2. The highest BCUT2D eigenvalue weighted by atomic mass is 16.3. The number of amidine groups is 1. The monoisotopic (exact) mass is 604 g/mol. The normalized spacial score (nSPS) is 20.2. The average Bonchev–Trinajstić information content (AvgIpc) is 3.78. The molecule has 2 saturated heterocycles. The Morgan fingerprint density at radius 1 is 1.11 bits per heavy atom. The van der Waals surface area contributed by atoms with Crippen LogP contribution < -0.4 is 16.8 Å². The molecule has 1 aromatic carbocycles. The summed E-state index contributed by atoms with van der Waals surface area (Å²) < 4.78 is 2.03. The summed E-state index contributed by atoms with van der Waals surface area (Å²) in [5.74, 6) is 1.05. The molecule has 1 aliphatic carbocycles. The molecule has 0 amide bonds. The van der Waals surface area contributed by atoms with Gasteiger partial charge >= 0.3 is 0 Å². The molecule has 3 heterocycles. The molecule has 1 saturated carbocycles. The minimum atomic E-state index is -0.572. The zero-order valence-electron chi connectivity index (χ0n) is 26.0. The molecule has 1 atom stereocenters. The van der Waals surface area contributed by atoms with Crippen molar-refractivity contribution >= 4 is 35.4 Å². The Kier molecular flexibility index (Phi) is 9.83. The van der Waals surface area contributed by atoms with Crippen molar-refractivity contribution in [1.82, 2.24) is 19.6 Å². The minimum Gasteiger partial charge on any atom is -0.511 e. The maximum atomic E-state index is 11.3. The number of phenols is 1. The number of aromatic hydroxyl groups is 1. The SMILES string of the molecule is CC(C)C(C=O)/C(O)=C/C(=N)N1CCC(CN2CCC(n3nc(NC4CC4)c(N)c3/C=C(\N)c3ccccc3O)CC2)CC1. The van der Waals surface area contributed by atoms with Crippen molar-refractivity contribution in [2.75, 3.05) is 43.8 Å². The van der Waals surface area contributed by atoms with Crippen LogP contribution in [-0.2, 0) is 4.79 Å². The number of carbonyl (C=O) groups excluding carboxylic acids is 1. The number of aromatic nitrogens is 2. The number of nitrogens with zero attached hydrogens (tertiary/aromatic N) is 4. The smallest absolute Gasteiger partial charge is 0.172 e. The number of benzene rings is 1. The number of nitrogen functional groups attached to an aromatic ring is 1. The molecular formula is C33H48N8O3. The zero-order valence-corrected chi connectivity index (χ0v) is 26.0. The molecule has 0 spiro atoms. The van der Waals surface area contributed by atoms with Gasteiger partial charge in [-0.1, -0.05) is 26.0 Å². The molecule has 3 aliphatic rings. The van der Waals surface area contributed by atoms with E-state index in [1.165, 1.54) is 6.08 Å². The highest BCUT2D eigenvalue weighted by Gasteiger charge is 2.30. The summed E-state index contributed by atoms with van der Waals surface area (Å²) in [6, 6.07) is 7.65. The molecular weight excluding hydrogens is 556 g/mol. The first-order valence-electron chi connectivity index (χ1n) is 16.0. The van der Waals surface area contributed by atoms with Crippen LogP contribution in [0.5, 0.6) is 5.75 Å². The van der Waals surface area contributed by atoms with E-state index in [1.807, 2.05) is 35.6 Å². The van der Waals surface area contributed by atoms with Gasteiger partial charge in [0.25, 0.3) is 0 Å². The summed E-state index contributed by atoms with van der Waals surface area (Å²) in [6.07, 6.45) is 10.2. The number of aldehydes is 1. The number of nitrogens with two attached hydrogens (primary N) is 2. The molecule has 0 bridgehead atoms. The van der Waals surface area contributed by atoms with Crippen LogP contribution in [0.15, 0.2) is 36.1 Å². The second-order valence-corrected chi connectivity index (χ2v) is 13.0. The first kappa shape index (κ1) is 31.4. The van der Waals surface area contributed by atoms with Crippen LogP contribution in [0.25, 0.3) is 11.8 Å². The zero-order chi connectivity index (χ0) is 31.4. The Morgan fingerprint density at radius 3 is 2.41 bits per heavy atom. The van der Waals surface area contributed by atoms with Crippen molar-refractivity contribution in [3.63, 3.8) is 0 Å². The van der Waals surface area contributed by atoms with Gasteiger partial charge in [0.15, 0.2) is 5.82 Å². The van der Waals surface area contributed by atoms with Gasteiger partial charge in [0, 0.05) is 56.1 Å². The number of allylic oxidation sites excluding steroid dienone is 1. The van der Waals surface area contributed by atoms with Crippen LogP contribution in [0.3, 0.4) is 0 Å². The van der Waals surface area contributed by atoms with E-state index in [0.29, 0.717) is 34.7 Å². The summed E-state index contributed by atoms with van der Waals surface area (Å²) in [7, 11) is 0. The van der Waals surface area contributed by atoms with Crippen LogP contribution in [0.2, 0.25) is 0 Å². The Bertz CT molecular complexity index is 1380. The molecule has 1 unspecified atom stereocenters. The van der Waals surface area contributed by atoms with Gasteiger partial charge in [-0.2, -0.15) is 5.10 Å². The topological polar surface area (TPSA) is 170 Å². The van der Waals surface area contributed by atoms with Crippen molar-refractivity contribution in [2.45, 2.75) is 64.5 Å². The summed E-state index contributed by atoms with van der Waals surface area (Å²) >= 11 is 0. The first-order valence-corrected chi connectivity index (χ1v) is 16.0.